The van der Waals surface area contributed by atoms with E-state index in [0.29, 0.717) is 5.69 Å². The Labute approximate surface area is 74.7 Å². The maximum atomic E-state index is 10.4. The summed E-state index contributed by atoms with van der Waals surface area (Å²) in [5.74, 6) is 0. The third-order valence-corrected chi connectivity index (χ3v) is 1.71. The molecule has 64 valence electrons. The van der Waals surface area contributed by atoms with Crippen molar-refractivity contribution in [2.75, 3.05) is 0 Å². The van der Waals surface area contributed by atoms with Gasteiger partial charge in [0.05, 0.1) is 5.69 Å². The van der Waals surface area contributed by atoms with Gasteiger partial charge in [-0.25, -0.2) is 9.97 Å². The second-order valence-corrected chi connectivity index (χ2v) is 2.57. The van der Waals surface area contributed by atoms with Crippen molar-refractivity contribution in [3.05, 3.63) is 36.5 Å². The molecule has 4 nitrogen and oxygen atoms in total. The van der Waals surface area contributed by atoms with E-state index in [2.05, 4.69) is 15.0 Å². The number of rotatable bonds is 2. The van der Waals surface area contributed by atoms with E-state index >= 15 is 0 Å². The molecule has 0 radical (unpaired) electrons. The summed E-state index contributed by atoms with van der Waals surface area (Å²) in [5.41, 5.74) is 2.28. The van der Waals surface area contributed by atoms with E-state index in [-0.39, 0.29) is 0 Å². The first-order valence-corrected chi connectivity index (χ1v) is 3.80. The fourth-order valence-corrected chi connectivity index (χ4v) is 1.09. The Hall–Kier alpha value is -1.97. The molecular formula is C9H7N3O. The topological polar surface area (TPSA) is 58.6 Å². The van der Waals surface area contributed by atoms with Gasteiger partial charge in [0.25, 0.3) is 0 Å². The zero-order chi connectivity index (χ0) is 9.10. The summed E-state index contributed by atoms with van der Waals surface area (Å²) in [6.45, 7) is 0. The van der Waals surface area contributed by atoms with Gasteiger partial charge in [-0.3, -0.25) is 4.79 Å². The first kappa shape index (κ1) is 7.67. The van der Waals surface area contributed by atoms with Gasteiger partial charge in [0.15, 0.2) is 6.29 Å². The quantitative estimate of drug-likeness (QED) is 0.696. The van der Waals surface area contributed by atoms with Crippen LogP contribution < -0.4 is 0 Å². The lowest BCUT2D eigenvalue weighted by molar-refractivity contribution is 0.111. The zero-order valence-corrected chi connectivity index (χ0v) is 6.77. The van der Waals surface area contributed by atoms with Gasteiger partial charge in [-0.05, 0) is 12.1 Å². The van der Waals surface area contributed by atoms with E-state index in [4.69, 9.17) is 0 Å². The Morgan fingerprint density at radius 1 is 1.23 bits per heavy atom. The molecule has 13 heavy (non-hydrogen) atoms. The molecule has 2 heterocycles. The number of hydrogen-bond acceptors (Lipinski definition) is 3. The summed E-state index contributed by atoms with van der Waals surface area (Å²) in [6, 6.07) is 3.54. The van der Waals surface area contributed by atoms with Gasteiger partial charge < -0.3 is 4.98 Å². The molecule has 0 atom stereocenters. The monoisotopic (exact) mass is 173 g/mol. The third kappa shape index (κ3) is 1.46. The van der Waals surface area contributed by atoms with E-state index in [1.165, 1.54) is 6.33 Å². The summed E-state index contributed by atoms with van der Waals surface area (Å²) in [6.07, 6.45) is 5.61. The van der Waals surface area contributed by atoms with Crippen LogP contribution >= 0.6 is 0 Å². The number of H-pyrrole nitrogens is 1. The molecule has 1 N–H and O–H groups in total. The predicted octanol–water partition coefficient (Wildman–Crippen LogP) is 1.28. The Morgan fingerprint density at radius 2 is 2.00 bits per heavy atom. The minimum atomic E-state index is 0.554. The van der Waals surface area contributed by atoms with E-state index in [1.807, 2.05) is 6.07 Å². The predicted molar refractivity (Wildman–Crippen MR) is 47.2 cm³/mol. The van der Waals surface area contributed by atoms with Crippen LogP contribution in [0, 0.1) is 0 Å². The molecule has 0 aliphatic carbocycles. The van der Waals surface area contributed by atoms with Gasteiger partial charge in [-0.2, -0.15) is 0 Å². The van der Waals surface area contributed by atoms with Crippen LogP contribution in [0.2, 0.25) is 0 Å². The van der Waals surface area contributed by atoms with Crippen LogP contribution in [0.4, 0.5) is 0 Å². The second-order valence-electron chi connectivity index (χ2n) is 2.57. The average molecular weight is 173 g/mol. The van der Waals surface area contributed by atoms with Gasteiger partial charge in [0.2, 0.25) is 0 Å². The summed E-state index contributed by atoms with van der Waals surface area (Å²) < 4.78 is 0. The Morgan fingerprint density at radius 3 is 2.62 bits per heavy atom. The Kier molecular flexibility index (Phi) is 1.88. The first-order chi connectivity index (χ1) is 6.40. The highest BCUT2D eigenvalue weighted by molar-refractivity contribution is 5.74. The first-order valence-electron chi connectivity index (χ1n) is 3.80. The lowest BCUT2D eigenvalue weighted by atomic mass is 10.2. The van der Waals surface area contributed by atoms with Gasteiger partial charge >= 0.3 is 0 Å². The van der Waals surface area contributed by atoms with Crippen LogP contribution in [-0.4, -0.2) is 21.2 Å². The smallest absolute Gasteiger partial charge is 0.166 e. The lowest BCUT2D eigenvalue weighted by Gasteiger charge is -1.93. The molecule has 0 unspecified atom stereocenters. The van der Waals surface area contributed by atoms with E-state index in [0.717, 1.165) is 17.5 Å². The molecule has 2 rings (SSSR count). The van der Waals surface area contributed by atoms with Crippen molar-refractivity contribution in [2.45, 2.75) is 0 Å². The number of nitrogens with one attached hydrogen (secondary N) is 1. The molecule has 2 aromatic heterocycles. The number of carbonyl (C=O) groups excluding carboxylic acids is 1. The SMILES string of the molecule is O=Cc1ccc(-c2cncnc2)[nH]1. The normalized spacial score (nSPS) is 9.85. The van der Waals surface area contributed by atoms with E-state index < -0.39 is 0 Å². The minimum absolute atomic E-state index is 0.554. The zero-order valence-electron chi connectivity index (χ0n) is 6.77. The van der Waals surface area contributed by atoms with Gasteiger partial charge in [0, 0.05) is 23.7 Å². The average Bonchev–Trinajstić information content (AvgIpc) is 2.67. The van der Waals surface area contributed by atoms with Crippen molar-refractivity contribution in [1.29, 1.82) is 0 Å². The lowest BCUT2D eigenvalue weighted by Crippen LogP contribution is -1.83. The summed E-state index contributed by atoms with van der Waals surface area (Å²) in [7, 11) is 0. The van der Waals surface area contributed by atoms with Gasteiger partial charge in [-0.15, -0.1) is 0 Å². The maximum absolute atomic E-state index is 10.4. The highest BCUT2D eigenvalue weighted by Crippen LogP contribution is 2.14. The molecule has 4 heteroatoms. The molecule has 0 spiro atoms. The van der Waals surface area contributed by atoms with Crippen molar-refractivity contribution >= 4 is 6.29 Å². The Balaban J connectivity index is 2.41. The highest BCUT2D eigenvalue weighted by atomic mass is 16.1. The molecule has 0 aliphatic heterocycles. The standard InChI is InChI=1S/C9H7N3O/c13-5-8-1-2-9(12-8)7-3-10-6-11-4-7/h1-6,12H. The summed E-state index contributed by atoms with van der Waals surface area (Å²) in [5, 5.41) is 0. The summed E-state index contributed by atoms with van der Waals surface area (Å²) >= 11 is 0. The van der Waals surface area contributed by atoms with Crippen LogP contribution in [0.25, 0.3) is 11.3 Å². The van der Waals surface area contributed by atoms with Crippen molar-refractivity contribution in [3.8, 4) is 11.3 Å². The highest BCUT2D eigenvalue weighted by Gasteiger charge is 1.99. The second kappa shape index (κ2) is 3.18. The summed E-state index contributed by atoms with van der Waals surface area (Å²) in [4.78, 5) is 21.1. The largest absolute Gasteiger partial charge is 0.352 e. The molecule has 0 amide bonds. The molecule has 0 saturated heterocycles. The van der Waals surface area contributed by atoms with E-state index in [9.17, 15) is 4.79 Å². The number of carbonyl (C=O) groups is 1. The maximum Gasteiger partial charge on any atom is 0.166 e. The number of hydrogen-bond donors (Lipinski definition) is 1. The minimum Gasteiger partial charge on any atom is -0.352 e. The van der Waals surface area contributed by atoms with E-state index in [1.54, 1.807) is 18.5 Å². The molecule has 0 bridgehead atoms. The number of aromatic nitrogens is 3. The molecule has 0 aliphatic rings. The van der Waals surface area contributed by atoms with Crippen LogP contribution in [0.1, 0.15) is 10.5 Å². The number of aromatic amines is 1. The van der Waals surface area contributed by atoms with Gasteiger partial charge in [-0.1, -0.05) is 0 Å². The fraction of sp³-hybridized carbons (Fsp3) is 0. The molecule has 0 saturated carbocycles. The van der Waals surface area contributed by atoms with Crippen LogP contribution in [-0.2, 0) is 0 Å². The van der Waals surface area contributed by atoms with Crippen LogP contribution in [0.5, 0.6) is 0 Å². The molecule has 2 aromatic rings. The Bertz CT molecular complexity index is 408. The molecule has 0 aromatic carbocycles. The molecular weight excluding hydrogens is 166 g/mol. The van der Waals surface area contributed by atoms with Crippen molar-refractivity contribution in [1.82, 2.24) is 15.0 Å². The van der Waals surface area contributed by atoms with Crippen LogP contribution in [0.15, 0.2) is 30.9 Å². The fourth-order valence-electron chi connectivity index (χ4n) is 1.09. The van der Waals surface area contributed by atoms with Crippen molar-refractivity contribution < 1.29 is 4.79 Å². The molecule has 0 fully saturated rings. The van der Waals surface area contributed by atoms with Crippen molar-refractivity contribution in [3.63, 3.8) is 0 Å². The third-order valence-electron chi connectivity index (χ3n) is 1.71. The number of aldehydes is 1. The van der Waals surface area contributed by atoms with Gasteiger partial charge in [0.1, 0.15) is 6.33 Å². The number of nitrogens with zero attached hydrogens (tertiary/aromatic N) is 2. The van der Waals surface area contributed by atoms with Crippen molar-refractivity contribution in [2.24, 2.45) is 0 Å². The van der Waals surface area contributed by atoms with Crippen LogP contribution in [0.3, 0.4) is 0 Å².